The number of carbonyl (C=O) groups is 2. The number of carboxylic acids is 1. The quantitative estimate of drug-likeness (QED) is 0.458. The highest BCUT2D eigenvalue weighted by molar-refractivity contribution is 5.85. The number of carboxylic acid groups (broad SMARTS) is 1. The van der Waals surface area contributed by atoms with Crippen LogP contribution in [0.3, 0.4) is 0 Å². The van der Waals surface area contributed by atoms with Crippen molar-refractivity contribution in [2.24, 2.45) is 0 Å². The Hall–Kier alpha value is -2.08. The molecule has 0 saturated heterocycles. The van der Waals surface area contributed by atoms with Gasteiger partial charge in [0, 0.05) is 25.1 Å². The Labute approximate surface area is 111 Å². The molecule has 0 aliphatic carbocycles. The van der Waals surface area contributed by atoms with Crippen molar-refractivity contribution in [3.8, 4) is 0 Å². The Morgan fingerprint density at radius 3 is 2.84 bits per heavy atom. The summed E-state index contributed by atoms with van der Waals surface area (Å²) in [6.07, 6.45) is 4.15. The minimum Gasteiger partial charge on any atom is -0.478 e. The van der Waals surface area contributed by atoms with Crippen molar-refractivity contribution in [2.75, 3.05) is 20.3 Å². The van der Waals surface area contributed by atoms with E-state index in [2.05, 4.69) is 0 Å². The number of nitrogens with zero attached hydrogens (tertiary/aromatic N) is 1. The first-order valence-corrected chi connectivity index (χ1v) is 5.79. The molecular weight excluding hydrogens is 250 g/mol. The third-order valence-electron chi connectivity index (χ3n) is 2.50. The number of hydrogen-bond acceptors (Lipinski definition) is 4. The van der Waals surface area contributed by atoms with Gasteiger partial charge < -0.3 is 19.1 Å². The number of hydrogen-bond donors (Lipinski definition) is 1. The molecule has 1 rings (SSSR count). The second-order valence-corrected chi connectivity index (χ2v) is 3.85. The summed E-state index contributed by atoms with van der Waals surface area (Å²) < 4.78 is 11.5. The van der Waals surface area contributed by atoms with E-state index in [0.717, 1.165) is 6.08 Å². The van der Waals surface area contributed by atoms with E-state index in [4.69, 9.17) is 14.6 Å². The summed E-state index contributed by atoms with van der Waals surface area (Å²) in [4.78, 5) is 22.2. The van der Waals surface area contributed by atoms with Gasteiger partial charge in [0.05, 0.1) is 6.61 Å². The fraction of sp³-hybridized carbons (Fsp3) is 0.385. The Kier molecular flexibility index (Phi) is 5.81. The molecule has 104 valence electrons. The number of esters is 1. The molecule has 0 radical (unpaired) electrons. The SMILES string of the molecule is COCCOC(=O)C(C)n1cccc1/C=C/C(=O)O. The summed E-state index contributed by atoms with van der Waals surface area (Å²) >= 11 is 0. The summed E-state index contributed by atoms with van der Waals surface area (Å²) in [6.45, 7) is 2.23. The first-order valence-electron chi connectivity index (χ1n) is 5.79. The molecule has 0 spiro atoms. The fourth-order valence-electron chi connectivity index (χ4n) is 1.52. The predicted octanol–water partition coefficient (Wildman–Crippen LogP) is 1.34. The molecule has 0 fully saturated rings. The zero-order chi connectivity index (χ0) is 14.3. The van der Waals surface area contributed by atoms with Crippen molar-refractivity contribution in [2.45, 2.75) is 13.0 Å². The summed E-state index contributed by atoms with van der Waals surface area (Å²) in [7, 11) is 1.53. The average molecular weight is 267 g/mol. The van der Waals surface area contributed by atoms with Crippen LogP contribution < -0.4 is 0 Å². The van der Waals surface area contributed by atoms with Gasteiger partial charge in [-0.3, -0.25) is 0 Å². The number of ether oxygens (including phenoxy) is 2. The molecule has 6 heteroatoms. The van der Waals surface area contributed by atoms with Crippen molar-refractivity contribution < 1.29 is 24.2 Å². The maximum Gasteiger partial charge on any atom is 0.328 e. The van der Waals surface area contributed by atoms with Crippen LogP contribution in [-0.2, 0) is 19.1 Å². The van der Waals surface area contributed by atoms with E-state index in [1.165, 1.54) is 13.2 Å². The second-order valence-electron chi connectivity index (χ2n) is 3.85. The number of aromatic nitrogens is 1. The van der Waals surface area contributed by atoms with Crippen LogP contribution in [-0.4, -0.2) is 41.9 Å². The largest absolute Gasteiger partial charge is 0.478 e. The van der Waals surface area contributed by atoms with Gasteiger partial charge in [0.1, 0.15) is 12.6 Å². The number of rotatable bonds is 7. The molecule has 1 atom stereocenters. The summed E-state index contributed by atoms with van der Waals surface area (Å²) in [5, 5.41) is 8.59. The van der Waals surface area contributed by atoms with Gasteiger partial charge in [-0.05, 0) is 25.1 Å². The molecule has 0 bridgehead atoms. The first kappa shape index (κ1) is 15.0. The van der Waals surface area contributed by atoms with Gasteiger partial charge in [0.15, 0.2) is 0 Å². The second kappa shape index (κ2) is 7.38. The predicted molar refractivity (Wildman–Crippen MR) is 68.6 cm³/mol. The lowest BCUT2D eigenvalue weighted by Crippen LogP contribution is -2.21. The molecule has 1 aromatic heterocycles. The van der Waals surface area contributed by atoms with Crippen molar-refractivity contribution in [1.82, 2.24) is 4.57 Å². The lowest BCUT2D eigenvalue weighted by molar-refractivity contribution is -0.148. The fourth-order valence-corrected chi connectivity index (χ4v) is 1.52. The Morgan fingerprint density at radius 1 is 1.47 bits per heavy atom. The van der Waals surface area contributed by atoms with Crippen LogP contribution >= 0.6 is 0 Å². The number of methoxy groups -OCH3 is 1. The molecule has 1 N–H and O–H groups in total. The van der Waals surface area contributed by atoms with Crippen LogP contribution in [0.2, 0.25) is 0 Å². The van der Waals surface area contributed by atoms with Crippen molar-refractivity contribution in [1.29, 1.82) is 0 Å². The van der Waals surface area contributed by atoms with Crippen LogP contribution in [0.25, 0.3) is 6.08 Å². The Balaban J connectivity index is 2.71. The highest BCUT2D eigenvalue weighted by Crippen LogP contribution is 2.14. The van der Waals surface area contributed by atoms with Crippen LogP contribution in [0.5, 0.6) is 0 Å². The van der Waals surface area contributed by atoms with E-state index < -0.39 is 18.0 Å². The highest BCUT2D eigenvalue weighted by Gasteiger charge is 2.17. The minimum atomic E-state index is -1.04. The van der Waals surface area contributed by atoms with Crippen molar-refractivity contribution in [3.05, 3.63) is 30.1 Å². The zero-order valence-corrected chi connectivity index (χ0v) is 10.9. The molecular formula is C13H17NO5. The topological polar surface area (TPSA) is 77.8 Å². The van der Waals surface area contributed by atoms with Crippen LogP contribution in [0.4, 0.5) is 0 Å². The molecule has 1 aromatic rings. The normalized spacial score (nSPS) is 12.5. The molecule has 1 heterocycles. The van der Waals surface area contributed by atoms with E-state index in [-0.39, 0.29) is 6.61 Å². The molecule has 19 heavy (non-hydrogen) atoms. The summed E-state index contributed by atoms with van der Waals surface area (Å²) in [6, 6.07) is 2.93. The Bertz CT molecular complexity index is 463. The van der Waals surface area contributed by atoms with Gasteiger partial charge in [-0.25, -0.2) is 9.59 Å². The minimum absolute atomic E-state index is 0.196. The molecule has 0 aliphatic rings. The molecule has 6 nitrogen and oxygen atoms in total. The summed E-state index contributed by atoms with van der Waals surface area (Å²) in [5.74, 6) is -1.43. The molecule has 0 amide bonds. The van der Waals surface area contributed by atoms with Crippen LogP contribution in [0.1, 0.15) is 18.7 Å². The number of carbonyl (C=O) groups excluding carboxylic acids is 1. The van der Waals surface area contributed by atoms with E-state index in [1.54, 1.807) is 29.8 Å². The summed E-state index contributed by atoms with van der Waals surface area (Å²) in [5.41, 5.74) is 0.624. The lowest BCUT2D eigenvalue weighted by Gasteiger charge is -2.15. The van der Waals surface area contributed by atoms with E-state index in [1.807, 2.05) is 0 Å². The highest BCUT2D eigenvalue weighted by atomic mass is 16.6. The molecule has 0 aliphatic heterocycles. The van der Waals surface area contributed by atoms with Gasteiger partial charge >= 0.3 is 11.9 Å². The van der Waals surface area contributed by atoms with Crippen LogP contribution in [0.15, 0.2) is 24.4 Å². The monoisotopic (exact) mass is 267 g/mol. The third kappa shape index (κ3) is 4.59. The third-order valence-corrected chi connectivity index (χ3v) is 2.50. The van der Waals surface area contributed by atoms with Gasteiger partial charge in [-0.2, -0.15) is 0 Å². The lowest BCUT2D eigenvalue weighted by atomic mass is 10.3. The first-order chi connectivity index (χ1) is 9.06. The molecule has 0 aromatic carbocycles. The Morgan fingerprint density at radius 2 is 2.21 bits per heavy atom. The maximum atomic E-state index is 11.8. The van der Waals surface area contributed by atoms with E-state index >= 15 is 0 Å². The van der Waals surface area contributed by atoms with Gasteiger partial charge in [-0.15, -0.1) is 0 Å². The zero-order valence-electron chi connectivity index (χ0n) is 10.9. The van der Waals surface area contributed by atoms with Gasteiger partial charge in [-0.1, -0.05) is 0 Å². The van der Waals surface area contributed by atoms with Crippen molar-refractivity contribution >= 4 is 18.0 Å². The van der Waals surface area contributed by atoms with Gasteiger partial charge in [0.25, 0.3) is 0 Å². The van der Waals surface area contributed by atoms with Crippen LogP contribution in [0, 0.1) is 0 Å². The van der Waals surface area contributed by atoms with Crippen molar-refractivity contribution in [3.63, 3.8) is 0 Å². The van der Waals surface area contributed by atoms with E-state index in [9.17, 15) is 9.59 Å². The molecule has 0 saturated carbocycles. The maximum absolute atomic E-state index is 11.8. The van der Waals surface area contributed by atoms with Gasteiger partial charge in [0.2, 0.25) is 0 Å². The average Bonchev–Trinajstić information content (AvgIpc) is 2.83. The van der Waals surface area contributed by atoms with E-state index in [0.29, 0.717) is 12.3 Å². The molecule has 1 unspecified atom stereocenters. The standard InChI is InChI=1S/C13H17NO5/c1-10(13(17)19-9-8-18-2)14-7-3-4-11(14)5-6-12(15)16/h3-7,10H,8-9H2,1-2H3,(H,15,16)/b6-5+. The number of aliphatic carboxylic acids is 1. The smallest absolute Gasteiger partial charge is 0.328 e.